The smallest absolute Gasteiger partial charge is 0.345 e. The van der Waals surface area contributed by atoms with E-state index in [9.17, 15) is 14.9 Å². The minimum absolute atomic E-state index is 0.191. The average molecular weight is 339 g/mol. The van der Waals surface area contributed by atoms with E-state index in [1.165, 1.54) is 0 Å². The fourth-order valence-corrected chi connectivity index (χ4v) is 2.90. The fourth-order valence-electron chi connectivity index (χ4n) is 2.90. The van der Waals surface area contributed by atoms with Crippen molar-refractivity contribution in [3.63, 3.8) is 0 Å². The molecule has 0 aromatic heterocycles. The molecule has 3 rings (SSSR count). The summed E-state index contributed by atoms with van der Waals surface area (Å²) < 4.78 is 26.8. The molecule has 2 fully saturated rings. The second-order valence-electron chi connectivity index (χ2n) is 5.32. The van der Waals surface area contributed by atoms with Gasteiger partial charge in [0.25, 0.3) is 5.69 Å². The minimum atomic E-state index is -0.916. The predicted octanol–water partition coefficient (Wildman–Crippen LogP) is 1.78. The number of carbonyl (C=O) groups excluding carboxylic acids is 1. The minimum Gasteiger partial charge on any atom is -0.465 e. The van der Waals surface area contributed by atoms with Crippen LogP contribution in [0.25, 0.3) is 0 Å². The Kier molecular flexibility index (Phi) is 4.76. The molecule has 130 valence electrons. The van der Waals surface area contributed by atoms with Gasteiger partial charge in [-0.15, -0.1) is 0 Å². The Balaban J connectivity index is 2.27. The van der Waals surface area contributed by atoms with E-state index in [1.54, 1.807) is 13.0 Å². The maximum absolute atomic E-state index is 12.3. The summed E-state index contributed by atoms with van der Waals surface area (Å²) in [6, 6.07) is 1.57. The molecule has 0 amide bonds. The van der Waals surface area contributed by atoms with Gasteiger partial charge in [0, 0.05) is 16.7 Å². The van der Waals surface area contributed by atoms with Crippen molar-refractivity contribution in [2.75, 3.05) is 33.5 Å². The SMILES string of the molecule is COC(=O)c1c(C2OCCO2)c(C2OCCO2)cc(C)c1[N+](=O)[O-]. The summed E-state index contributed by atoms with van der Waals surface area (Å²) in [4.78, 5) is 23.2. The second-order valence-corrected chi connectivity index (χ2v) is 5.32. The Morgan fingerprint density at radius 1 is 1.17 bits per heavy atom. The second kappa shape index (κ2) is 6.81. The Bertz CT molecular complexity index is 662. The number of methoxy groups -OCH3 is 1. The zero-order valence-electron chi connectivity index (χ0n) is 13.3. The number of hydrogen-bond acceptors (Lipinski definition) is 8. The standard InChI is InChI=1S/C15H17NO8/c1-8-7-9(14-21-3-4-22-14)10(15-23-5-6-24-15)11(13(17)20-2)12(8)16(18)19/h7,14-15H,3-6H2,1-2H3. The van der Waals surface area contributed by atoms with Gasteiger partial charge in [0.05, 0.1) is 38.5 Å². The van der Waals surface area contributed by atoms with Crippen LogP contribution in [0, 0.1) is 17.0 Å². The number of nitro groups is 1. The van der Waals surface area contributed by atoms with Crippen molar-refractivity contribution >= 4 is 11.7 Å². The molecule has 0 radical (unpaired) electrons. The summed E-state index contributed by atoms with van der Waals surface area (Å²) in [5, 5.41) is 11.5. The third-order valence-electron chi connectivity index (χ3n) is 3.87. The van der Waals surface area contributed by atoms with E-state index in [0.717, 1.165) is 7.11 Å². The topological polar surface area (TPSA) is 106 Å². The first-order valence-corrected chi connectivity index (χ1v) is 7.41. The van der Waals surface area contributed by atoms with E-state index in [4.69, 9.17) is 23.7 Å². The van der Waals surface area contributed by atoms with Crippen molar-refractivity contribution in [3.05, 3.63) is 38.4 Å². The summed E-state index contributed by atoms with van der Waals surface area (Å²) >= 11 is 0. The number of ether oxygens (including phenoxy) is 5. The number of esters is 1. The molecule has 1 aromatic rings. The number of carbonyl (C=O) groups is 1. The molecule has 2 aliphatic rings. The van der Waals surface area contributed by atoms with Crippen LogP contribution in [-0.4, -0.2) is 44.4 Å². The van der Waals surface area contributed by atoms with Gasteiger partial charge in [0.2, 0.25) is 0 Å². The molecule has 0 saturated carbocycles. The number of aryl methyl sites for hydroxylation is 1. The quantitative estimate of drug-likeness (QED) is 0.464. The average Bonchev–Trinajstić information content (AvgIpc) is 3.25. The fraction of sp³-hybridized carbons (Fsp3) is 0.533. The third-order valence-corrected chi connectivity index (χ3v) is 3.87. The Hall–Kier alpha value is -2.07. The zero-order chi connectivity index (χ0) is 17.3. The van der Waals surface area contributed by atoms with E-state index < -0.39 is 23.5 Å². The van der Waals surface area contributed by atoms with E-state index >= 15 is 0 Å². The lowest BCUT2D eigenvalue weighted by Crippen LogP contribution is -2.18. The van der Waals surface area contributed by atoms with Crippen LogP contribution in [0.5, 0.6) is 0 Å². The van der Waals surface area contributed by atoms with Crippen LogP contribution in [0.15, 0.2) is 6.07 Å². The van der Waals surface area contributed by atoms with Crippen LogP contribution in [0.1, 0.15) is 39.6 Å². The Morgan fingerprint density at radius 3 is 2.21 bits per heavy atom. The predicted molar refractivity (Wildman–Crippen MR) is 78.5 cm³/mol. The maximum Gasteiger partial charge on any atom is 0.345 e. The largest absolute Gasteiger partial charge is 0.465 e. The lowest BCUT2D eigenvalue weighted by atomic mass is 9.94. The molecule has 0 N–H and O–H groups in total. The first-order valence-electron chi connectivity index (χ1n) is 7.41. The molecule has 0 spiro atoms. The highest BCUT2D eigenvalue weighted by molar-refractivity contribution is 5.97. The molecule has 9 heteroatoms. The molecule has 1 aromatic carbocycles. The van der Waals surface area contributed by atoms with Crippen LogP contribution < -0.4 is 0 Å². The highest BCUT2D eigenvalue weighted by atomic mass is 16.7. The zero-order valence-corrected chi connectivity index (χ0v) is 13.3. The van der Waals surface area contributed by atoms with Gasteiger partial charge in [-0.3, -0.25) is 10.1 Å². The van der Waals surface area contributed by atoms with Crippen LogP contribution in [0.4, 0.5) is 5.69 Å². The van der Waals surface area contributed by atoms with Crippen LogP contribution in [0.2, 0.25) is 0 Å². The first kappa shape index (κ1) is 16.8. The first-order chi connectivity index (χ1) is 11.5. The Labute approximate surface area is 137 Å². The van der Waals surface area contributed by atoms with Gasteiger partial charge < -0.3 is 23.7 Å². The van der Waals surface area contributed by atoms with E-state index in [2.05, 4.69) is 0 Å². The highest BCUT2D eigenvalue weighted by Gasteiger charge is 2.38. The third kappa shape index (κ3) is 2.86. The lowest BCUT2D eigenvalue weighted by Gasteiger charge is -2.21. The number of nitro benzene ring substituents is 1. The molecule has 0 unspecified atom stereocenters. The Morgan fingerprint density at radius 2 is 1.71 bits per heavy atom. The van der Waals surface area contributed by atoms with Gasteiger partial charge >= 0.3 is 5.97 Å². The summed E-state index contributed by atoms with van der Waals surface area (Å²) in [5.41, 5.74) is 0.476. The van der Waals surface area contributed by atoms with Crippen molar-refractivity contribution < 1.29 is 33.4 Å². The molecule has 2 saturated heterocycles. The summed E-state index contributed by atoms with van der Waals surface area (Å²) in [6.07, 6.45) is -1.66. The van der Waals surface area contributed by atoms with Crippen molar-refractivity contribution in [1.82, 2.24) is 0 Å². The van der Waals surface area contributed by atoms with Gasteiger partial charge in [-0.05, 0) is 13.0 Å². The molecule has 0 atom stereocenters. The van der Waals surface area contributed by atoms with Crippen molar-refractivity contribution in [3.8, 4) is 0 Å². The van der Waals surface area contributed by atoms with Crippen molar-refractivity contribution in [1.29, 1.82) is 0 Å². The van der Waals surface area contributed by atoms with Crippen molar-refractivity contribution in [2.24, 2.45) is 0 Å². The van der Waals surface area contributed by atoms with Gasteiger partial charge in [-0.25, -0.2) is 4.79 Å². The molecular weight excluding hydrogens is 322 g/mol. The molecule has 2 heterocycles. The van der Waals surface area contributed by atoms with Crippen LogP contribution >= 0.6 is 0 Å². The molecule has 24 heavy (non-hydrogen) atoms. The summed E-state index contributed by atoms with van der Waals surface area (Å²) in [6.45, 7) is 2.96. The van der Waals surface area contributed by atoms with E-state index in [1.807, 2.05) is 0 Å². The summed E-state index contributed by atoms with van der Waals surface area (Å²) in [7, 11) is 1.16. The number of rotatable bonds is 4. The van der Waals surface area contributed by atoms with Gasteiger partial charge in [0.1, 0.15) is 5.56 Å². The molecule has 2 aliphatic heterocycles. The molecule has 0 aliphatic carbocycles. The highest BCUT2D eigenvalue weighted by Crippen LogP contribution is 2.41. The monoisotopic (exact) mass is 339 g/mol. The molecular formula is C15H17NO8. The van der Waals surface area contributed by atoms with Crippen molar-refractivity contribution in [2.45, 2.75) is 19.5 Å². The van der Waals surface area contributed by atoms with Crippen LogP contribution in [0.3, 0.4) is 0 Å². The number of nitrogens with zero attached hydrogens (tertiary/aromatic N) is 1. The summed E-state index contributed by atoms with van der Waals surface area (Å²) in [5.74, 6) is -0.834. The van der Waals surface area contributed by atoms with Gasteiger partial charge in [0.15, 0.2) is 12.6 Å². The van der Waals surface area contributed by atoms with Gasteiger partial charge in [-0.1, -0.05) is 0 Å². The lowest BCUT2D eigenvalue weighted by molar-refractivity contribution is -0.385. The number of hydrogen-bond donors (Lipinski definition) is 0. The maximum atomic E-state index is 12.3. The van der Waals surface area contributed by atoms with Gasteiger partial charge in [-0.2, -0.15) is 0 Å². The normalized spacial score (nSPS) is 18.9. The molecule has 9 nitrogen and oxygen atoms in total. The molecule has 0 bridgehead atoms. The van der Waals surface area contributed by atoms with Crippen LogP contribution in [-0.2, 0) is 23.7 Å². The number of benzene rings is 1. The van der Waals surface area contributed by atoms with E-state index in [-0.39, 0.29) is 16.8 Å². The van der Waals surface area contributed by atoms with E-state index in [0.29, 0.717) is 37.6 Å².